The van der Waals surface area contributed by atoms with E-state index in [9.17, 15) is 18.5 Å². The summed E-state index contributed by atoms with van der Waals surface area (Å²) in [5.74, 6) is -0.784. The van der Waals surface area contributed by atoms with Gasteiger partial charge in [0.05, 0.1) is 12.3 Å². The van der Waals surface area contributed by atoms with Gasteiger partial charge in [0.1, 0.15) is 0 Å². The summed E-state index contributed by atoms with van der Waals surface area (Å²) in [7, 11) is -2.70. The van der Waals surface area contributed by atoms with Crippen LogP contribution in [-0.4, -0.2) is 23.1 Å². The molecule has 0 aliphatic carbocycles. The van der Waals surface area contributed by atoms with E-state index in [0.717, 1.165) is 10.7 Å². The Morgan fingerprint density at radius 2 is 2.33 bits per heavy atom. The van der Waals surface area contributed by atoms with E-state index in [2.05, 4.69) is 5.10 Å². The van der Waals surface area contributed by atoms with Crippen molar-refractivity contribution in [2.75, 3.05) is 0 Å². The van der Waals surface area contributed by atoms with Crippen molar-refractivity contribution in [1.29, 1.82) is 0 Å². The third-order valence-corrected chi connectivity index (χ3v) is 1.63. The molecule has 12 heavy (non-hydrogen) atoms. The molecule has 1 aromatic rings. The monoisotopic (exact) mass is 191 g/mol. The van der Waals surface area contributed by atoms with Gasteiger partial charge in [0.2, 0.25) is 5.88 Å². The third-order valence-electron chi connectivity index (χ3n) is 1.13. The molecule has 0 unspecified atom stereocenters. The largest absolute Gasteiger partial charge is 0.358 e. The van der Waals surface area contributed by atoms with Gasteiger partial charge < -0.3 is 10.1 Å². The van der Waals surface area contributed by atoms with Gasteiger partial charge in [-0.05, 0) is 4.92 Å². The maximum Gasteiger partial charge on any atom is 0.345 e. The van der Waals surface area contributed by atoms with E-state index in [0.29, 0.717) is 0 Å². The van der Waals surface area contributed by atoms with Crippen LogP contribution in [0.25, 0.3) is 0 Å². The predicted octanol–water partition coefficient (Wildman–Crippen LogP) is -0.640. The summed E-state index contributed by atoms with van der Waals surface area (Å²) < 4.78 is 21.2. The van der Waals surface area contributed by atoms with Gasteiger partial charge in [0.25, 0.3) is 0 Å². The van der Waals surface area contributed by atoms with Crippen LogP contribution in [0.3, 0.4) is 0 Å². The molecular weight excluding hydrogens is 186 g/mol. The highest BCUT2D eigenvalue weighted by Gasteiger charge is 2.13. The molecule has 0 N–H and O–H groups in total. The van der Waals surface area contributed by atoms with Crippen LogP contribution < -0.4 is 0 Å². The van der Waals surface area contributed by atoms with Crippen LogP contribution in [0.15, 0.2) is 12.3 Å². The standard InChI is InChI=1S/C4H5N3O4S/c8-7(9)4-1-2-5-6(4)3-12(10)11/h1-2,12H,3H2. The first-order chi connectivity index (χ1) is 5.61. The Kier molecular flexibility index (Phi) is 2.38. The number of aromatic nitrogens is 2. The second-order valence-electron chi connectivity index (χ2n) is 1.92. The van der Waals surface area contributed by atoms with Crippen molar-refractivity contribution in [2.24, 2.45) is 0 Å². The molecule has 7 nitrogen and oxygen atoms in total. The van der Waals surface area contributed by atoms with E-state index in [1.807, 2.05) is 0 Å². The Hall–Kier alpha value is -1.44. The van der Waals surface area contributed by atoms with E-state index >= 15 is 0 Å². The van der Waals surface area contributed by atoms with E-state index in [1.54, 1.807) is 0 Å². The van der Waals surface area contributed by atoms with E-state index in [1.165, 1.54) is 6.20 Å². The van der Waals surface area contributed by atoms with Crippen molar-refractivity contribution in [3.05, 3.63) is 22.4 Å². The lowest BCUT2D eigenvalue weighted by Crippen LogP contribution is -2.05. The molecule has 66 valence electrons. The van der Waals surface area contributed by atoms with Gasteiger partial charge in [-0.25, -0.2) is 8.42 Å². The Morgan fingerprint density at radius 3 is 2.83 bits per heavy atom. The highest BCUT2D eigenvalue weighted by Crippen LogP contribution is 2.08. The van der Waals surface area contributed by atoms with Gasteiger partial charge in [-0.15, -0.1) is 4.68 Å². The summed E-state index contributed by atoms with van der Waals surface area (Å²) in [5, 5.41) is 13.7. The zero-order chi connectivity index (χ0) is 9.14. The number of hydrogen-bond donors (Lipinski definition) is 1. The minimum Gasteiger partial charge on any atom is -0.358 e. The molecule has 0 saturated carbocycles. The first-order valence-corrected chi connectivity index (χ1v) is 4.25. The van der Waals surface area contributed by atoms with Crippen LogP contribution in [0.5, 0.6) is 0 Å². The van der Waals surface area contributed by atoms with Crippen molar-refractivity contribution in [1.82, 2.24) is 9.78 Å². The van der Waals surface area contributed by atoms with Crippen LogP contribution in [0.2, 0.25) is 0 Å². The zero-order valence-electron chi connectivity index (χ0n) is 5.78. The molecule has 0 spiro atoms. The number of thiol groups is 1. The summed E-state index contributed by atoms with van der Waals surface area (Å²) >= 11 is 0. The smallest absolute Gasteiger partial charge is 0.345 e. The molecule has 0 atom stereocenters. The van der Waals surface area contributed by atoms with Crippen molar-refractivity contribution in [2.45, 2.75) is 5.88 Å². The highest BCUT2D eigenvalue weighted by atomic mass is 32.2. The van der Waals surface area contributed by atoms with E-state index < -0.39 is 21.5 Å². The predicted molar refractivity (Wildman–Crippen MR) is 39.2 cm³/mol. The van der Waals surface area contributed by atoms with Crippen molar-refractivity contribution in [3.63, 3.8) is 0 Å². The number of nitro groups is 1. The van der Waals surface area contributed by atoms with Gasteiger partial charge in [-0.3, -0.25) is 0 Å². The Balaban J connectivity index is 2.99. The van der Waals surface area contributed by atoms with E-state index in [-0.39, 0.29) is 5.82 Å². The van der Waals surface area contributed by atoms with Gasteiger partial charge in [0, 0.05) is 0 Å². The average molecular weight is 191 g/mol. The fourth-order valence-corrected chi connectivity index (χ4v) is 1.14. The first-order valence-electron chi connectivity index (χ1n) is 2.89. The van der Waals surface area contributed by atoms with Gasteiger partial charge in [-0.1, -0.05) is 5.10 Å². The second kappa shape index (κ2) is 3.30. The van der Waals surface area contributed by atoms with Crippen molar-refractivity contribution < 1.29 is 13.3 Å². The van der Waals surface area contributed by atoms with Crippen LogP contribution in [0, 0.1) is 10.1 Å². The molecule has 1 aromatic heterocycles. The fourth-order valence-electron chi connectivity index (χ4n) is 0.699. The SMILES string of the molecule is O=[N+]([O-])c1ccnn1C[SH](=O)=O. The van der Waals surface area contributed by atoms with Gasteiger partial charge >= 0.3 is 5.82 Å². The molecule has 0 radical (unpaired) electrons. The molecule has 8 heteroatoms. The second-order valence-corrected chi connectivity index (χ2v) is 2.87. The van der Waals surface area contributed by atoms with Crippen LogP contribution in [0.4, 0.5) is 5.82 Å². The maximum absolute atomic E-state index is 10.2. The lowest BCUT2D eigenvalue weighted by Gasteiger charge is -1.92. The molecule has 0 aliphatic heterocycles. The average Bonchev–Trinajstić information content (AvgIpc) is 2.33. The Labute approximate surface area is 68.7 Å². The molecule has 1 rings (SSSR count). The lowest BCUT2D eigenvalue weighted by molar-refractivity contribution is -0.392. The van der Waals surface area contributed by atoms with Crippen LogP contribution >= 0.6 is 0 Å². The minimum absolute atomic E-state index is 0.325. The first kappa shape index (κ1) is 8.65. The molecule has 0 fully saturated rings. The van der Waals surface area contributed by atoms with Crippen LogP contribution in [-0.2, 0) is 16.6 Å². The molecule has 1 heterocycles. The van der Waals surface area contributed by atoms with Gasteiger partial charge in [-0.2, -0.15) is 0 Å². The minimum atomic E-state index is -2.70. The lowest BCUT2D eigenvalue weighted by atomic mass is 10.6. The number of rotatable bonds is 3. The maximum atomic E-state index is 10.2. The summed E-state index contributed by atoms with van der Waals surface area (Å²) in [6.07, 6.45) is 1.18. The molecule has 0 bridgehead atoms. The highest BCUT2D eigenvalue weighted by molar-refractivity contribution is 7.71. The third kappa shape index (κ3) is 1.78. The topological polar surface area (TPSA) is 95.1 Å². The van der Waals surface area contributed by atoms with Crippen LogP contribution in [0.1, 0.15) is 0 Å². The number of hydrogen-bond acceptors (Lipinski definition) is 5. The van der Waals surface area contributed by atoms with Gasteiger partial charge in [0.15, 0.2) is 10.7 Å². The fraction of sp³-hybridized carbons (Fsp3) is 0.250. The summed E-state index contributed by atoms with van der Waals surface area (Å²) in [6, 6.07) is 1.14. The number of nitrogens with zero attached hydrogens (tertiary/aromatic N) is 3. The molecular formula is C4H5N3O4S. The molecule has 0 saturated heterocycles. The van der Waals surface area contributed by atoms with Crippen molar-refractivity contribution in [3.8, 4) is 0 Å². The molecule has 0 aromatic carbocycles. The van der Waals surface area contributed by atoms with E-state index in [4.69, 9.17) is 0 Å². The molecule has 0 amide bonds. The summed E-state index contributed by atoms with van der Waals surface area (Å²) in [4.78, 5) is 9.52. The summed E-state index contributed by atoms with van der Waals surface area (Å²) in [6.45, 7) is 0. The zero-order valence-corrected chi connectivity index (χ0v) is 6.68. The Bertz CT molecular complexity index is 360. The Morgan fingerprint density at radius 1 is 1.67 bits per heavy atom. The molecule has 0 aliphatic rings. The quantitative estimate of drug-likeness (QED) is 0.389. The normalized spacial score (nSPS) is 10.4. The summed E-state index contributed by atoms with van der Waals surface area (Å²) in [5.41, 5.74) is 0. The van der Waals surface area contributed by atoms with Crippen molar-refractivity contribution >= 4 is 16.5 Å².